The lowest BCUT2D eigenvalue weighted by Crippen LogP contribution is -2.51. The number of rotatable bonds is 3. The molecular weight excluding hydrogens is 304 g/mol. The number of ether oxygens (including phenoxy) is 2. The van der Waals surface area contributed by atoms with Crippen LogP contribution in [-0.2, 0) is 29.0 Å². The Morgan fingerprint density at radius 2 is 2.04 bits per heavy atom. The van der Waals surface area contributed by atoms with Gasteiger partial charge in [0.1, 0.15) is 5.60 Å². The van der Waals surface area contributed by atoms with Gasteiger partial charge in [-0.1, -0.05) is 18.2 Å². The summed E-state index contributed by atoms with van der Waals surface area (Å²) in [5.41, 5.74) is 3.58. The first-order chi connectivity index (χ1) is 11.4. The SMILES string of the molecule is COC1CN(Cc2cccc3c2CCN(C(=O)OC(C)(C)C)C3)C1. The van der Waals surface area contributed by atoms with E-state index in [1.54, 1.807) is 7.11 Å². The van der Waals surface area contributed by atoms with E-state index < -0.39 is 5.60 Å². The zero-order valence-electron chi connectivity index (χ0n) is 15.2. The van der Waals surface area contributed by atoms with Crippen molar-refractivity contribution in [1.29, 1.82) is 0 Å². The van der Waals surface area contributed by atoms with Crippen molar-refractivity contribution in [2.75, 3.05) is 26.7 Å². The van der Waals surface area contributed by atoms with Crippen molar-refractivity contribution in [3.8, 4) is 0 Å². The molecule has 5 heteroatoms. The minimum atomic E-state index is -0.450. The van der Waals surface area contributed by atoms with Gasteiger partial charge in [-0.15, -0.1) is 0 Å². The van der Waals surface area contributed by atoms with E-state index in [4.69, 9.17) is 9.47 Å². The molecule has 0 radical (unpaired) electrons. The van der Waals surface area contributed by atoms with Crippen LogP contribution < -0.4 is 0 Å². The number of carbonyl (C=O) groups is 1. The highest BCUT2D eigenvalue weighted by atomic mass is 16.6. The van der Waals surface area contributed by atoms with Crippen LogP contribution in [0.4, 0.5) is 4.79 Å². The van der Waals surface area contributed by atoms with Gasteiger partial charge in [0.2, 0.25) is 0 Å². The number of fused-ring (bicyclic) bond motifs is 1. The molecule has 0 aliphatic carbocycles. The maximum Gasteiger partial charge on any atom is 0.410 e. The van der Waals surface area contributed by atoms with Crippen LogP contribution in [0.3, 0.4) is 0 Å². The summed E-state index contributed by atoms with van der Waals surface area (Å²) in [5, 5.41) is 0. The number of benzene rings is 1. The number of likely N-dealkylation sites (tertiary alicyclic amines) is 1. The molecule has 0 spiro atoms. The Morgan fingerprint density at radius 3 is 2.71 bits per heavy atom. The van der Waals surface area contributed by atoms with E-state index in [1.807, 2.05) is 25.7 Å². The molecule has 0 unspecified atom stereocenters. The smallest absolute Gasteiger partial charge is 0.410 e. The first kappa shape index (κ1) is 17.2. The summed E-state index contributed by atoms with van der Waals surface area (Å²) in [7, 11) is 1.78. The molecular formula is C19H28N2O3. The van der Waals surface area contributed by atoms with Gasteiger partial charge < -0.3 is 14.4 Å². The molecule has 0 saturated carbocycles. The van der Waals surface area contributed by atoms with E-state index in [2.05, 4.69) is 23.1 Å². The van der Waals surface area contributed by atoms with Crippen molar-refractivity contribution in [1.82, 2.24) is 9.80 Å². The largest absolute Gasteiger partial charge is 0.444 e. The number of nitrogens with zero attached hydrogens (tertiary/aromatic N) is 2. The Labute approximate surface area is 144 Å². The normalized spacial score (nSPS) is 18.9. The lowest BCUT2D eigenvalue weighted by molar-refractivity contribution is -0.0335. The van der Waals surface area contributed by atoms with Crippen molar-refractivity contribution in [2.45, 2.75) is 52.0 Å². The van der Waals surface area contributed by atoms with Crippen LogP contribution >= 0.6 is 0 Å². The second kappa shape index (κ2) is 6.73. The topological polar surface area (TPSA) is 42.0 Å². The van der Waals surface area contributed by atoms with Crippen molar-refractivity contribution >= 4 is 6.09 Å². The van der Waals surface area contributed by atoms with Gasteiger partial charge in [0, 0.05) is 39.8 Å². The monoisotopic (exact) mass is 332 g/mol. The quantitative estimate of drug-likeness (QED) is 0.853. The van der Waals surface area contributed by atoms with E-state index in [-0.39, 0.29) is 6.09 Å². The highest BCUT2D eigenvalue weighted by Gasteiger charge is 2.29. The third-order valence-corrected chi connectivity index (χ3v) is 4.67. The average molecular weight is 332 g/mol. The first-order valence-corrected chi connectivity index (χ1v) is 8.68. The highest BCUT2D eigenvalue weighted by molar-refractivity contribution is 5.68. The zero-order chi connectivity index (χ0) is 17.3. The number of carbonyl (C=O) groups excluding carboxylic acids is 1. The molecule has 1 saturated heterocycles. The fourth-order valence-electron chi connectivity index (χ4n) is 3.36. The molecule has 0 bridgehead atoms. The molecule has 132 valence electrons. The summed E-state index contributed by atoms with van der Waals surface area (Å²) in [4.78, 5) is 16.5. The van der Waals surface area contributed by atoms with Crippen LogP contribution in [0.25, 0.3) is 0 Å². The van der Waals surface area contributed by atoms with E-state index in [0.29, 0.717) is 12.6 Å². The van der Waals surface area contributed by atoms with Gasteiger partial charge >= 0.3 is 6.09 Å². The van der Waals surface area contributed by atoms with Crippen LogP contribution in [-0.4, -0.2) is 54.3 Å². The lowest BCUT2D eigenvalue weighted by Gasteiger charge is -2.39. The van der Waals surface area contributed by atoms with Crippen molar-refractivity contribution < 1.29 is 14.3 Å². The summed E-state index contributed by atoms with van der Waals surface area (Å²) in [5.74, 6) is 0. The molecule has 0 N–H and O–H groups in total. The summed E-state index contributed by atoms with van der Waals surface area (Å²) >= 11 is 0. The van der Waals surface area contributed by atoms with Gasteiger partial charge in [0.05, 0.1) is 6.10 Å². The Hall–Kier alpha value is -1.59. The summed E-state index contributed by atoms with van der Waals surface area (Å²) < 4.78 is 10.8. The minimum Gasteiger partial charge on any atom is -0.444 e. The minimum absolute atomic E-state index is 0.218. The number of methoxy groups -OCH3 is 1. The maximum atomic E-state index is 12.3. The third-order valence-electron chi connectivity index (χ3n) is 4.67. The highest BCUT2D eigenvalue weighted by Crippen LogP contribution is 2.26. The van der Waals surface area contributed by atoms with E-state index in [1.165, 1.54) is 16.7 Å². The Kier molecular flexibility index (Phi) is 4.83. The van der Waals surface area contributed by atoms with Gasteiger partial charge in [0.25, 0.3) is 0 Å². The number of amides is 1. The van der Waals surface area contributed by atoms with Gasteiger partial charge in [-0.05, 0) is 43.9 Å². The lowest BCUT2D eigenvalue weighted by atomic mass is 9.93. The molecule has 1 aromatic carbocycles. The van der Waals surface area contributed by atoms with Crippen LogP contribution in [0.2, 0.25) is 0 Å². The molecule has 0 aromatic heterocycles. The van der Waals surface area contributed by atoms with Gasteiger partial charge in [-0.25, -0.2) is 4.79 Å². The summed E-state index contributed by atoms with van der Waals surface area (Å²) in [6, 6.07) is 6.44. The standard InChI is InChI=1S/C19H28N2O3/c1-19(2,3)24-18(22)21-9-8-17-14(6-5-7-15(17)11-21)10-20-12-16(13-20)23-4/h5-7,16H,8-13H2,1-4H3. The van der Waals surface area contributed by atoms with E-state index in [9.17, 15) is 4.79 Å². The predicted molar refractivity (Wildman–Crippen MR) is 92.9 cm³/mol. The molecule has 2 aliphatic rings. The molecule has 5 nitrogen and oxygen atoms in total. The van der Waals surface area contributed by atoms with Gasteiger partial charge in [0.15, 0.2) is 0 Å². The average Bonchev–Trinajstić information content (AvgIpc) is 2.48. The van der Waals surface area contributed by atoms with Crippen molar-refractivity contribution in [2.24, 2.45) is 0 Å². The Balaban J connectivity index is 1.65. The fraction of sp³-hybridized carbons (Fsp3) is 0.632. The molecule has 1 aromatic rings. The fourth-order valence-corrected chi connectivity index (χ4v) is 3.36. The van der Waals surface area contributed by atoms with Crippen LogP contribution in [0, 0.1) is 0 Å². The molecule has 3 rings (SSSR count). The Morgan fingerprint density at radius 1 is 1.29 bits per heavy atom. The first-order valence-electron chi connectivity index (χ1n) is 8.68. The van der Waals surface area contributed by atoms with Crippen molar-refractivity contribution in [3.05, 3.63) is 34.9 Å². The Bertz CT molecular complexity index is 603. The zero-order valence-corrected chi connectivity index (χ0v) is 15.2. The molecule has 1 fully saturated rings. The second-order valence-corrected chi connectivity index (χ2v) is 7.76. The van der Waals surface area contributed by atoms with Crippen LogP contribution in [0.15, 0.2) is 18.2 Å². The van der Waals surface area contributed by atoms with E-state index in [0.717, 1.165) is 32.6 Å². The van der Waals surface area contributed by atoms with E-state index >= 15 is 0 Å². The summed E-state index contributed by atoms with van der Waals surface area (Å²) in [6.07, 6.45) is 1.06. The molecule has 0 atom stereocenters. The molecule has 24 heavy (non-hydrogen) atoms. The van der Waals surface area contributed by atoms with Gasteiger partial charge in [-0.3, -0.25) is 4.90 Å². The second-order valence-electron chi connectivity index (χ2n) is 7.76. The van der Waals surface area contributed by atoms with Gasteiger partial charge in [-0.2, -0.15) is 0 Å². The molecule has 2 heterocycles. The molecule has 2 aliphatic heterocycles. The number of hydrogen-bond donors (Lipinski definition) is 0. The molecule has 1 amide bonds. The van der Waals surface area contributed by atoms with Crippen LogP contribution in [0.1, 0.15) is 37.5 Å². The maximum absolute atomic E-state index is 12.3. The van der Waals surface area contributed by atoms with Crippen molar-refractivity contribution in [3.63, 3.8) is 0 Å². The number of hydrogen-bond acceptors (Lipinski definition) is 4. The third kappa shape index (κ3) is 3.90. The predicted octanol–water partition coefficient (Wildman–Crippen LogP) is 2.81. The van der Waals surface area contributed by atoms with Crippen LogP contribution in [0.5, 0.6) is 0 Å². The summed E-state index contributed by atoms with van der Waals surface area (Å²) in [6.45, 7) is 10.0.